The molecule has 0 aliphatic rings. The summed E-state index contributed by atoms with van der Waals surface area (Å²) in [6, 6.07) is 7.07. The lowest BCUT2D eigenvalue weighted by Gasteiger charge is -2.05. The Kier molecular flexibility index (Phi) is 4.14. The van der Waals surface area contributed by atoms with E-state index in [1.54, 1.807) is 6.07 Å². The highest BCUT2D eigenvalue weighted by Gasteiger charge is 2.17. The molecule has 4 rings (SSSR count). The molecule has 0 atom stereocenters. The maximum absolute atomic E-state index is 14.0. The summed E-state index contributed by atoms with van der Waals surface area (Å²) in [5, 5.41) is 3.59. The van der Waals surface area contributed by atoms with Gasteiger partial charge in [0.05, 0.1) is 5.52 Å². The number of hydrogen-bond donors (Lipinski definition) is 2. The van der Waals surface area contributed by atoms with Crippen molar-refractivity contribution in [2.24, 2.45) is 0 Å². The molecule has 2 aromatic carbocycles. The molecule has 1 amide bonds. The molecule has 0 saturated heterocycles. The minimum Gasteiger partial charge on any atom is -0.432 e. The van der Waals surface area contributed by atoms with Crippen molar-refractivity contribution in [1.29, 1.82) is 0 Å². The van der Waals surface area contributed by atoms with E-state index in [9.17, 15) is 13.6 Å². The summed E-state index contributed by atoms with van der Waals surface area (Å²) in [7, 11) is 0. The molecule has 2 aromatic heterocycles. The molecule has 27 heavy (non-hydrogen) atoms. The van der Waals surface area contributed by atoms with E-state index in [-0.39, 0.29) is 11.7 Å². The molecule has 5 nitrogen and oxygen atoms in total. The normalized spacial score (nSPS) is 11.4. The number of H-pyrrole nitrogens is 1. The summed E-state index contributed by atoms with van der Waals surface area (Å²) in [6.45, 7) is 4.13. The lowest BCUT2D eigenvalue weighted by Crippen LogP contribution is -2.26. The van der Waals surface area contributed by atoms with Crippen LogP contribution in [0.3, 0.4) is 0 Å². The second kappa shape index (κ2) is 6.50. The van der Waals surface area contributed by atoms with Gasteiger partial charge in [-0.3, -0.25) is 4.79 Å². The number of carbonyl (C=O) groups is 1. The molecule has 0 aliphatic heterocycles. The van der Waals surface area contributed by atoms with Crippen molar-refractivity contribution in [1.82, 2.24) is 15.3 Å². The molecule has 2 heterocycles. The van der Waals surface area contributed by atoms with E-state index in [1.165, 1.54) is 24.3 Å². The van der Waals surface area contributed by atoms with Crippen LogP contribution in [0.4, 0.5) is 8.78 Å². The van der Waals surface area contributed by atoms with E-state index >= 15 is 0 Å². The Morgan fingerprint density at radius 2 is 2.04 bits per heavy atom. The molecule has 0 radical (unpaired) electrons. The van der Waals surface area contributed by atoms with E-state index in [0.717, 1.165) is 22.2 Å². The topological polar surface area (TPSA) is 70.9 Å². The number of amides is 1. The minimum atomic E-state index is -0.480. The number of benzene rings is 2. The summed E-state index contributed by atoms with van der Waals surface area (Å²) >= 11 is 0. The average molecular weight is 369 g/mol. The summed E-state index contributed by atoms with van der Waals surface area (Å²) in [5.74, 6) is -1.34. The Bertz CT molecular complexity index is 1180. The van der Waals surface area contributed by atoms with Crippen LogP contribution < -0.4 is 5.32 Å². The summed E-state index contributed by atoms with van der Waals surface area (Å²) in [4.78, 5) is 19.4. The van der Waals surface area contributed by atoms with Crippen molar-refractivity contribution >= 4 is 27.9 Å². The van der Waals surface area contributed by atoms with E-state index < -0.39 is 11.7 Å². The summed E-state index contributed by atoms with van der Waals surface area (Å²) in [6.07, 6.45) is 0.525. The Morgan fingerprint density at radius 1 is 1.22 bits per heavy atom. The fourth-order valence-corrected chi connectivity index (χ4v) is 3.33. The molecule has 138 valence electrons. The number of nitrogens with one attached hydrogen (secondary N) is 2. The van der Waals surface area contributed by atoms with Crippen LogP contribution in [0.25, 0.3) is 22.0 Å². The van der Waals surface area contributed by atoms with Crippen molar-refractivity contribution in [2.75, 3.05) is 6.54 Å². The molecule has 0 fully saturated rings. The third-order valence-electron chi connectivity index (χ3n) is 4.63. The molecule has 7 heteroatoms. The molecule has 0 bridgehead atoms. The van der Waals surface area contributed by atoms with Crippen LogP contribution >= 0.6 is 0 Å². The van der Waals surface area contributed by atoms with E-state index in [4.69, 9.17) is 4.42 Å². The Balaban J connectivity index is 1.51. The van der Waals surface area contributed by atoms with Gasteiger partial charge in [0.25, 0.3) is 5.89 Å². The number of rotatable bonds is 4. The van der Waals surface area contributed by atoms with Gasteiger partial charge in [-0.05, 0) is 49.6 Å². The quantitative estimate of drug-likeness (QED) is 0.567. The predicted octanol–water partition coefficient (Wildman–Crippen LogP) is 4.18. The average Bonchev–Trinajstić information content (AvgIpc) is 3.20. The monoisotopic (exact) mass is 369 g/mol. The lowest BCUT2D eigenvalue weighted by molar-refractivity contribution is 0.0922. The highest BCUT2D eigenvalue weighted by atomic mass is 19.1. The Hall–Kier alpha value is -3.22. The van der Waals surface area contributed by atoms with Crippen LogP contribution in [-0.4, -0.2) is 22.4 Å². The largest absolute Gasteiger partial charge is 0.432 e. The molecule has 4 aromatic rings. The van der Waals surface area contributed by atoms with Crippen LogP contribution in [-0.2, 0) is 6.42 Å². The van der Waals surface area contributed by atoms with Crippen molar-refractivity contribution in [3.8, 4) is 0 Å². The third kappa shape index (κ3) is 3.05. The van der Waals surface area contributed by atoms with Gasteiger partial charge in [0.1, 0.15) is 17.2 Å². The highest BCUT2D eigenvalue weighted by Crippen LogP contribution is 2.27. The molecule has 0 unspecified atom stereocenters. The smallest absolute Gasteiger partial charge is 0.307 e. The highest BCUT2D eigenvalue weighted by molar-refractivity contribution is 5.92. The molecular weight excluding hydrogens is 352 g/mol. The number of nitrogens with zero attached hydrogens (tertiary/aromatic N) is 1. The Labute approximate surface area is 153 Å². The van der Waals surface area contributed by atoms with Gasteiger partial charge in [0, 0.05) is 23.7 Å². The van der Waals surface area contributed by atoms with Gasteiger partial charge in [-0.25, -0.2) is 13.8 Å². The first kappa shape index (κ1) is 17.2. The van der Waals surface area contributed by atoms with E-state index in [2.05, 4.69) is 15.3 Å². The van der Waals surface area contributed by atoms with Crippen LogP contribution in [0.5, 0.6) is 0 Å². The third-order valence-corrected chi connectivity index (χ3v) is 4.63. The fraction of sp³-hybridized carbons (Fsp3) is 0.200. The van der Waals surface area contributed by atoms with Gasteiger partial charge in [-0.2, -0.15) is 0 Å². The van der Waals surface area contributed by atoms with Gasteiger partial charge in [0.2, 0.25) is 0 Å². The minimum absolute atomic E-state index is 0.117. The number of aryl methyl sites for hydroxylation is 2. The first-order valence-electron chi connectivity index (χ1n) is 8.54. The molecule has 0 spiro atoms. The number of hydrogen-bond acceptors (Lipinski definition) is 3. The standard InChI is InChI=1S/C20H17F2N3O2/c1-10-3-5-14(22)18-17(10)13(11(2)24-18)7-8-23-19(26)20-25-15-9-12(21)4-6-16(15)27-20/h3-6,9,24H,7-8H2,1-2H3,(H,23,26). The van der Waals surface area contributed by atoms with Crippen LogP contribution in [0.15, 0.2) is 34.7 Å². The maximum atomic E-state index is 14.0. The second-order valence-corrected chi connectivity index (χ2v) is 6.48. The zero-order valence-corrected chi connectivity index (χ0v) is 14.8. The molecular formula is C20H17F2N3O2. The summed E-state index contributed by atoms with van der Waals surface area (Å²) < 4.78 is 32.6. The molecule has 2 N–H and O–H groups in total. The summed E-state index contributed by atoms with van der Waals surface area (Å²) in [5.41, 5.74) is 3.92. The first-order valence-corrected chi connectivity index (χ1v) is 8.54. The molecule has 0 saturated carbocycles. The molecule has 0 aliphatic carbocycles. The van der Waals surface area contributed by atoms with Gasteiger partial charge in [-0.15, -0.1) is 0 Å². The van der Waals surface area contributed by atoms with Crippen LogP contribution in [0.2, 0.25) is 0 Å². The van der Waals surface area contributed by atoms with Gasteiger partial charge < -0.3 is 14.7 Å². The zero-order chi connectivity index (χ0) is 19.1. The van der Waals surface area contributed by atoms with Crippen molar-refractivity contribution < 1.29 is 18.0 Å². The van der Waals surface area contributed by atoms with E-state index in [0.29, 0.717) is 29.6 Å². The van der Waals surface area contributed by atoms with E-state index in [1.807, 2.05) is 13.8 Å². The van der Waals surface area contributed by atoms with Crippen LogP contribution in [0, 0.1) is 25.5 Å². The van der Waals surface area contributed by atoms with Gasteiger partial charge >= 0.3 is 5.91 Å². The van der Waals surface area contributed by atoms with Crippen molar-refractivity contribution in [3.63, 3.8) is 0 Å². The Morgan fingerprint density at radius 3 is 2.85 bits per heavy atom. The zero-order valence-electron chi connectivity index (χ0n) is 14.8. The first-order chi connectivity index (χ1) is 12.9. The lowest BCUT2D eigenvalue weighted by atomic mass is 10.0. The van der Waals surface area contributed by atoms with Crippen molar-refractivity contribution in [2.45, 2.75) is 20.3 Å². The second-order valence-electron chi connectivity index (χ2n) is 6.48. The van der Waals surface area contributed by atoms with Gasteiger partial charge in [0.15, 0.2) is 5.58 Å². The number of aromatic amines is 1. The number of oxazole rings is 1. The number of halogens is 2. The SMILES string of the molecule is Cc1[nH]c2c(F)ccc(C)c2c1CCNC(=O)c1nc2cc(F)ccc2o1. The van der Waals surface area contributed by atoms with Gasteiger partial charge in [-0.1, -0.05) is 6.07 Å². The number of carbonyl (C=O) groups excluding carboxylic acids is 1. The number of fused-ring (bicyclic) bond motifs is 2. The fourth-order valence-electron chi connectivity index (χ4n) is 3.33. The van der Waals surface area contributed by atoms with Crippen molar-refractivity contribution in [3.05, 3.63) is 64.7 Å². The predicted molar refractivity (Wildman–Crippen MR) is 97.7 cm³/mol. The maximum Gasteiger partial charge on any atom is 0.307 e. The number of aromatic nitrogens is 2. The van der Waals surface area contributed by atoms with Crippen LogP contribution in [0.1, 0.15) is 27.5 Å².